The number of piperidine rings is 1. The lowest BCUT2D eigenvalue weighted by Gasteiger charge is -2.37. The molecule has 0 radical (unpaired) electrons. The van der Waals surface area contributed by atoms with Gasteiger partial charge in [-0.2, -0.15) is 0 Å². The third kappa shape index (κ3) is 2.56. The number of thiophene rings is 1. The van der Waals surface area contributed by atoms with Gasteiger partial charge in [-0.05, 0) is 68.6 Å². The summed E-state index contributed by atoms with van der Waals surface area (Å²) in [5.41, 5.74) is 5.78. The van der Waals surface area contributed by atoms with Crippen molar-refractivity contribution in [3.05, 3.63) is 22.4 Å². The number of hydrogen-bond acceptors (Lipinski definition) is 3. The molecule has 1 saturated carbocycles. The minimum absolute atomic E-state index is 0.716. The quantitative estimate of drug-likeness (QED) is 0.890. The minimum Gasteiger partial charge on any atom is -0.330 e. The topological polar surface area (TPSA) is 29.3 Å². The maximum absolute atomic E-state index is 5.78. The van der Waals surface area contributed by atoms with Gasteiger partial charge in [0.15, 0.2) is 0 Å². The van der Waals surface area contributed by atoms with Crippen LogP contribution in [-0.2, 0) is 0 Å². The molecule has 3 heteroatoms. The molecule has 0 amide bonds. The van der Waals surface area contributed by atoms with Gasteiger partial charge in [0.25, 0.3) is 0 Å². The summed E-state index contributed by atoms with van der Waals surface area (Å²) in [5.74, 6) is 1.71. The van der Waals surface area contributed by atoms with E-state index in [-0.39, 0.29) is 0 Å². The van der Waals surface area contributed by atoms with Crippen molar-refractivity contribution >= 4 is 11.3 Å². The van der Waals surface area contributed by atoms with Gasteiger partial charge in [0.2, 0.25) is 0 Å². The summed E-state index contributed by atoms with van der Waals surface area (Å²) in [7, 11) is 0. The second-order valence-corrected chi connectivity index (χ2v) is 6.49. The molecular formula is C14H22N2S. The molecule has 0 bridgehead atoms. The van der Waals surface area contributed by atoms with Gasteiger partial charge in [-0.15, -0.1) is 11.3 Å². The van der Waals surface area contributed by atoms with Crippen molar-refractivity contribution in [1.82, 2.24) is 4.90 Å². The first-order valence-corrected chi connectivity index (χ1v) is 7.74. The van der Waals surface area contributed by atoms with Crippen LogP contribution in [-0.4, -0.2) is 24.5 Å². The highest BCUT2D eigenvalue weighted by Crippen LogP contribution is 2.46. The molecular weight excluding hydrogens is 228 g/mol. The molecule has 2 N–H and O–H groups in total. The van der Waals surface area contributed by atoms with Crippen LogP contribution >= 0.6 is 11.3 Å². The van der Waals surface area contributed by atoms with Gasteiger partial charge in [0.1, 0.15) is 0 Å². The molecule has 3 rings (SSSR count). The summed E-state index contributed by atoms with van der Waals surface area (Å²) in [4.78, 5) is 4.30. The van der Waals surface area contributed by atoms with Crippen LogP contribution in [0, 0.1) is 11.8 Å². The molecule has 1 aromatic rings. The standard InChI is InChI=1S/C14H22N2S/c15-10-11-5-7-16(8-6-11)14(12-3-4-12)13-2-1-9-17-13/h1-2,9,11-12,14H,3-8,10,15H2. The lowest BCUT2D eigenvalue weighted by atomic mass is 9.95. The molecule has 1 aliphatic heterocycles. The van der Waals surface area contributed by atoms with E-state index in [1.165, 1.54) is 38.8 Å². The highest BCUT2D eigenvalue weighted by atomic mass is 32.1. The van der Waals surface area contributed by atoms with Crippen LogP contribution in [0.1, 0.15) is 36.6 Å². The number of hydrogen-bond donors (Lipinski definition) is 1. The van der Waals surface area contributed by atoms with E-state index in [9.17, 15) is 0 Å². The molecule has 1 aromatic heterocycles. The summed E-state index contributed by atoms with van der Waals surface area (Å²) in [6, 6.07) is 5.23. The first-order valence-electron chi connectivity index (χ1n) is 6.86. The molecule has 0 aromatic carbocycles. The van der Waals surface area contributed by atoms with E-state index in [1.807, 2.05) is 11.3 Å². The second kappa shape index (κ2) is 5.09. The number of rotatable bonds is 4. The largest absolute Gasteiger partial charge is 0.330 e. The molecule has 17 heavy (non-hydrogen) atoms. The zero-order valence-electron chi connectivity index (χ0n) is 10.3. The first kappa shape index (κ1) is 11.7. The van der Waals surface area contributed by atoms with Gasteiger partial charge in [-0.3, -0.25) is 4.90 Å². The van der Waals surface area contributed by atoms with E-state index in [0.29, 0.717) is 6.04 Å². The van der Waals surface area contributed by atoms with Crippen molar-refractivity contribution in [2.45, 2.75) is 31.7 Å². The molecule has 94 valence electrons. The maximum Gasteiger partial charge on any atom is 0.0469 e. The highest BCUT2D eigenvalue weighted by Gasteiger charge is 2.37. The smallest absolute Gasteiger partial charge is 0.0469 e. The van der Waals surface area contributed by atoms with Crippen molar-refractivity contribution in [2.24, 2.45) is 17.6 Å². The fraction of sp³-hybridized carbons (Fsp3) is 0.714. The predicted molar refractivity (Wildman–Crippen MR) is 73.1 cm³/mol. The van der Waals surface area contributed by atoms with Crippen molar-refractivity contribution in [3.8, 4) is 0 Å². The van der Waals surface area contributed by atoms with Crippen LogP contribution in [0.2, 0.25) is 0 Å². The van der Waals surface area contributed by atoms with Crippen molar-refractivity contribution in [3.63, 3.8) is 0 Å². The van der Waals surface area contributed by atoms with Crippen LogP contribution in [0.5, 0.6) is 0 Å². The lowest BCUT2D eigenvalue weighted by molar-refractivity contribution is 0.123. The molecule has 2 fully saturated rings. The number of nitrogens with zero attached hydrogens (tertiary/aromatic N) is 1. The molecule has 2 nitrogen and oxygen atoms in total. The Morgan fingerprint density at radius 2 is 2.06 bits per heavy atom. The van der Waals surface area contributed by atoms with Crippen LogP contribution in [0.3, 0.4) is 0 Å². The molecule has 1 atom stereocenters. The van der Waals surface area contributed by atoms with Gasteiger partial charge >= 0.3 is 0 Å². The van der Waals surface area contributed by atoms with E-state index in [1.54, 1.807) is 4.88 Å². The Balaban J connectivity index is 1.68. The fourth-order valence-electron chi connectivity index (χ4n) is 3.05. The summed E-state index contributed by atoms with van der Waals surface area (Å²) in [6.45, 7) is 3.38. The fourth-order valence-corrected chi connectivity index (χ4v) is 4.00. The molecule has 2 aliphatic rings. The minimum atomic E-state index is 0.716. The third-order valence-corrected chi connectivity index (χ3v) is 5.22. The van der Waals surface area contributed by atoms with Crippen LogP contribution in [0.4, 0.5) is 0 Å². The van der Waals surface area contributed by atoms with Crippen molar-refractivity contribution in [2.75, 3.05) is 19.6 Å². The Hall–Kier alpha value is -0.380. The Bertz CT molecular complexity index is 337. The molecule has 1 aliphatic carbocycles. The summed E-state index contributed by atoms with van der Waals surface area (Å²) < 4.78 is 0. The van der Waals surface area contributed by atoms with E-state index >= 15 is 0 Å². The average Bonchev–Trinajstić information content (AvgIpc) is 3.05. The highest BCUT2D eigenvalue weighted by molar-refractivity contribution is 7.10. The Morgan fingerprint density at radius 1 is 1.29 bits per heavy atom. The molecule has 0 spiro atoms. The van der Waals surface area contributed by atoms with Crippen LogP contribution in [0.25, 0.3) is 0 Å². The lowest BCUT2D eigenvalue weighted by Crippen LogP contribution is -2.39. The maximum atomic E-state index is 5.78. The van der Waals surface area contributed by atoms with E-state index in [2.05, 4.69) is 22.4 Å². The second-order valence-electron chi connectivity index (χ2n) is 5.51. The Kier molecular flexibility index (Phi) is 3.50. The summed E-state index contributed by atoms with van der Waals surface area (Å²) in [5, 5.41) is 2.22. The van der Waals surface area contributed by atoms with E-state index < -0.39 is 0 Å². The normalized spacial score (nSPS) is 25.0. The SMILES string of the molecule is NCC1CCN(C(c2cccs2)C2CC2)CC1. The molecule has 1 saturated heterocycles. The van der Waals surface area contributed by atoms with Crippen LogP contribution in [0.15, 0.2) is 17.5 Å². The monoisotopic (exact) mass is 250 g/mol. The zero-order valence-corrected chi connectivity index (χ0v) is 11.2. The number of likely N-dealkylation sites (tertiary alicyclic amines) is 1. The Labute approximate surface area is 108 Å². The summed E-state index contributed by atoms with van der Waals surface area (Å²) >= 11 is 1.93. The van der Waals surface area contributed by atoms with Gasteiger partial charge < -0.3 is 5.73 Å². The zero-order chi connectivity index (χ0) is 11.7. The van der Waals surface area contributed by atoms with E-state index in [0.717, 1.165) is 18.4 Å². The molecule has 2 heterocycles. The third-order valence-electron chi connectivity index (χ3n) is 4.28. The van der Waals surface area contributed by atoms with Crippen molar-refractivity contribution < 1.29 is 0 Å². The van der Waals surface area contributed by atoms with Crippen molar-refractivity contribution in [1.29, 1.82) is 0 Å². The van der Waals surface area contributed by atoms with Gasteiger partial charge in [-0.25, -0.2) is 0 Å². The average molecular weight is 250 g/mol. The van der Waals surface area contributed by atoms with Crippen LogP contribution < -0.4 is 5.73 Å². The predicted octanol–water partition coefficient (Wildman–Crippen LogP) is 2.87. The van der Waals surface area contributed by atoms with Gasteiger partial charge in [-0.1, -0.05) is 6.07 Å². The van der Waals surface area contributed by atoms with E-state index in [4.69, 9.17) is 5.73 Å². The summed E-state index contributed by atoms with van der Waals surface area (Å²) in [6.07, 6.45) is 5.45. The Morgan fingerprint density at radius 3 is 2.59 bits per heavy atom. The first-order chi connectivity index (χ1) is 8.38. The number of nitrogens with two attached hydrogens (primary N) is 1. The molecule has 1 unspecified atom stereocenters. The van der Waals surface area contributed by atoms with Gasteiger partial charge in [0, 0.05) is 10.9 Å². The van der Waals surface area contributed by atoms with Gasteiger partial charge in [0.05, 0.1) is 0 Å².